The van der Waals surface area contributed by atoms with Gasteiger partial charge in [-0.25, -0.2) is 0 Å². The fourth-order valence-corrected chi connectivity index (χ4v) is 4.36. The van der Waals surface area contributed by atoms with E-state index in [4.69, 9.17) is 4.74 Å². The van der Waals surface area contributed by atoms with Crippen LogP contribution in [0.4, 0.5) is 0 Å². The minimum atomic E-state index is -1.10. The van der Waals surface area contributed by atoms with Gasteiger partial charge in [0.2, 0.25) is 0 Å². The summed E-state index contributed by atoms with van der Waals surface area (Å²) in [6, 6.07) is 16.2. The van der Waals surface area contributed by atoms with E-state index in [0.29, 0.717) is 25.7 Å². The van der Waals surface area contributed by atoms with Crippen LogP contribution in [0.1, 0.15) is 22.3 Å². The molecule has 122 valence electrons. The van der Waals surface area contributed by atoms with Gasteiger partial charge in [-0.05, 0) is 47.9 Å². The average molecular weight is 320 g/mol. The zero-order valence-corrected chi connectivity index (χ0v) is 13.7. The lowest BCUT2D eigenvalue weighted by molar-refractivity contribution is -0.159. The molecule has 2 aromatic rings. The summed E-state index contributed by atoms with van der Waals surface area (Å²) < 4.78 is 5.12. The molecule has 0 heterocycles. The molecule has 0 fully saturated rings. The Labute approximate surface area is 141 Å². The molecule has 4 rings (SSSR count). The Bertz CT molecular complexity index is 770. The highest BCUT2D eigenvalue weighted by Gasteiger charge is 2.52. The Balaban J connectivity index is 1.93. The molecule has 2 aliphatic rings. The Morgan fingerprint density at radius 2 is 1.38 bits per heavy atom. The van der Waals surface area contributed by atoms with E-state index in [1.54, 1.807) is 0 Å². The van der Waals surface area contributed by atoms with Crippen molar-refractivity contribution in [2.45, 2.75) is 25.7 Å². The van der Waals surface area contributed by atoms with Crippen LogP contribution in [0.15, 0.2) is 48.5 Å². The second-order valence-electron chi connectivity index (χ2n) is 6.93. The van der Waals surface area contributed by atoms with Gasteiger partial charge >= 0.3 is 5.97 Å². The van der Waals surface area contributed by atoms with Gasteiger partial charge in [0.25, 0.3) is 0 Å². The lowest BCUT2D eigenvalue weighted by Crippen LogP contribution is -2.45. The molecule has 2 bridgehead atoms. The lowest BCUT2D eigenvalue weighted by Gasteiger charge is -2.29. The number of benzene rings is 2. The van der Waals surface area contributed by atoms with Crippen LogP contribution < -0.4 is 0 Å². The van der Waals surface area contributed by atoms with Crippen molar-refractivity contribution in [1.82, 2.24) is 0 Å². The number of esters is 1. The van der Waals surface area contributed by atoms with Crippen LogP contribution in [-0.4, -0.2) is 18.9 Å². The van der Waals surface area contributed by atoms with E-state index in [2.05, 4.69) is 12.1 Å². The molecule has 24 heavy (non-hydrogen) atoms. The highest BCUT2D eigenvalue weighted by molar-refractivity contribution is 6.06. The van der Waals surface area contributed by atoms with Crippen LogP contribution in [0.5, 0.6) is 0 Å². The van der Waals surface area contributed by atoms with Crippen LogP contribution in [-0.2, 0) is 40.0 Å². The molecule has 0 unspecified atom stereocenters. The van der Waals surface area contributed by atoms with E-state index in [-0.39, 0.29) is 11.7 Å². The third kappa shape index (κ3) is 2.19. The number of ether oxygens (including phenoxy) is 1. The Morgan fingerprint density at radius 3 is 1.83 bits per heavy atom. The zero-order valence-electron chi connectivity index (χ0n) is 13.7. The number of hydrogen-bond donors (Lipinski definition) is 0. The summed E-state index contributed by atoms with van der Waals surface area (Å²) in [7, 11) is 1.38. The molecular weight excluding hydrogens is 300 g/mol. The lowest BCUT2D eigenvalue weighted by atomic mass is 9.72. The van der Waals surface area contributed by atoms with E-state index in [0.717, 1.165) is 11.1 Å². The van der Waals surface area contributed by atoms with Crippen molar-refractivity contribution >= 4 is 11.8 Å². The van der Waals surface area contributed by atoms with Crippen molar-refractivity contribution in [2.24, 2.45) is 11.3 Å². The second kappa shape index (κ2) is 5.59. The minimum Gasteiger partial charge on any atom is -0.468 e. The molecule has 2 aromatic carbocycles. The molecule has 3 nitrogen and oxygen atoms in total. The summed E-state index contributed by atoms with van der Waals surface area (Å²) in [5.74, 6) is -0.524. The molecule has 0 amide bonds. The van der Waals surface area contributed by atoms with Gasteiger partial charge in [-0.1, -0.05) is 48.5 Å². The van der Waals surface area contributed by atoms with Crippen LogP contribution in [0, 0.1) is 11.3 Å². The van der Waals surface area contributed by atoms with Crippen molar-refractivity contribution in [3.8, 4) is 0 Å². The van der Waals surface area contributed by atoms with Crippen molar-refractivity contribution in [3.05, 3.63) is 70.8 Å². The molecule has 0 aromatic heterocycles. The molecule has 0 N–H and O–H groups in total. The molecule has 0 saturated heterocycles. The molecule has 0 saturated carbocycles. The third-order valence-corrected chi connectivity index (χ3v) is 5.57. The predicted octanol–water partition coefficient (Wildman–Crippen LogP) is 2.93. The predicted molar refractivity (Wildman–Crippen MR) is 90.6 cm³/mol. The van der Waals surface area contributed by atoms with Gasteiger partial charge in [0, 0.05) is 5.92 Å². The van der Waals surface area contributed by atoms with E-state index < -0.39 is 11.4 Å². The van der Waals surface area contributed by atoms with Gasteiger partial charge in [0.05, 0.1) is 7.11 Å². The number of fused-ring (bicyclic) bond motifs is 4. The van der Waals surface area contributed by atoms with Gasteiger partial charge in [-0.3, -0.25) is 9.59 Å². The number of Topliss-reactive ketones (excluding diaryl/α,β-unsaturated/α-hetero) is 1. The van der Waals surface area contributed by atoms with E-state index in [9.17, 15) is 9.59 Å². The summed E-state index contributed by atoms with van der Waals surface area (Å²) in [5.41, 5.74) is 3.46. The quantitative estimate of drug-likeness (QED) is 0.599. The second-order valence-corrected chi connectivity index (χ2v) is 6.93. The van der Waals surface area contributed by atoms with Crippen molar-refractivity contribution in [3.63, 3.8) is 0 Å². The zero-order chi connectivity index (χ0) is 16.7. The fourth-order valence-electron chi connectivity index (χ4n) is 4.36. The van der Waals surface area contributed by atoms with Crippen LogP contribution in [0.25, 0.3) is 0 Å². The smallest absolute Gasteiger partial charge is 0.320 e. The third-order valence-electron chi connectivity index (χ3n) is 5.57. The molecule has 0 atom stereocenters. The summed E-state index contributed by atoms with van der Waals surface area (Å²) in [4.78, 5) is 26.2. The molecule has 0 radical (unpaired) electrons. The molecule has 2 aliphatic carbocycles. The fraction of sp³-hybridized carbons (Fsp3) is 0.333. The van der Waals surface area contributed by atoms with Crippen LogP contribution in [0.3, 0.4) is 0 Å². The first-order valence-electron chi connectivity index (χ1n) is 8.40. The van der Waals surface area contributed by atoms with Gasteiger partial charge in [-0.15, -0.1) is 0 Å². The maximum absolute atomic E-state index is 13.4. The molecule has 0 spiro atoms. The number of hydrogen-bond acceptors (Lipinski definition) is 3. The van der Waals surface area contributed by atoms with Gasteiger partial charge in [0.15, 0.2) is 5.78 Å². The van der Waals surface area contributed by atoms with E-state index in [1.165, 1.54) is 18.2 Å². The topological polar surface area (TPSA) is 43.4 Å². The standard InChI is InChI=1S/C21H20O3/c1-24-20(23)21-12-16-8-4-2-6-14(16)10-18(19(21)22)11-15-7-3-5-9-17(15)13-21/h2-9,18H,10-13H2,1H3. The first-order chi connectivity index (χ1) is 11.6. The van der Waals surface area contributed by atoms with Crippen LogP contribution in [0.2, 0.25) is 0 Å². The minimum absolute atomic E-state index is 0.0433. The van der Waals surface area contributed by atoms with Crippen molar-refractivity contribution < 1.29 is 14.3 Å². The highest BCUT2D eigenvalue weighted by Crippen LogP contribution is 2.42. The van der Waals surface area contributed by atoms with Gasteiger partial charge in [-0.2, -0.15) is 0 Å². The summed E-state index contributed by atoms with van der Waals surface area (Å²) in [6.45, 7) is 0. The number of rotatable bonds is 1. The van der Waals surface area contributed by atoms with Crippen molar-refractivity contribution in [2.75, 3.05) is 7.11 Å². The molecule has 0 aliphatic heterocycles. The normalized spacial score (nSPS) is 25.0. The SMILES string of the molecule is COC(=O)C12Cc3ccccc3CC(Cc3ccccc3C1)C2=O. The highest BCUT2D eigenvalue weighted by atomic mass is 16.5. The Morgan fingerprint density at radius 1 is 0.917 bits per heavy atom. The number of methoxy groups -OCH3 is 1. The number of carbonyl (C=O) groups excluding carboxylic acids is 2. The Kier molecular flexibility index (Phi) is 3.52. The van der Waals surface area contributed by atoms with E-state index in [1.807, 2.05) is 36.4 Å². The monoisotopic (exact) mass is 320 g/mol. The largest absolute Gasteiger partial charge is 0.468 e. The average Bonchev–Trinajstić information content (AvgIpc) is 2.80. The van der Waals surface area contributed by atoms with Crippen LogP contribution >= 0.6 is 0 Å². The maximum Gasteiger partial charge on any atom is 0.320 e. The first kappa shape index (κ1) is 15.1. The summed E-state index contributed by atoms with van der Waals surface area (Å²) in [5, 5.41) is 0. The number of ketones is 1. The molecule has 3 heteroatoms. The molecular formula is C21H20O3. The van der Waals surface area contributed by atoms with E-state index >= 15 is 0 Å². The maximum atomic E-state index is 13.4. The van der Waals surface area contributed by atoms with Gasteiger partial charge in [0.1, 0.15) is 5.41 Å². The summed E-state index contributed by atoms with van der Waals surface area (Å²) >= 11 is 0. The summed E-state index contributed by atoms with van der Waals surface area (Å²) in [6.07, 6.45) is 2.25. The Hall–Kier alpha value is -2.42. The van der Waals surface area contributed by atoms with Crippen molar-refractivity contribution in [1.29, 1.82) is 0 Å². The van der Waals surface area contributed by atoms with Gasteiger partial charge < -0.3 is 4.74 Å². The number of carbonyl (C=O) groups is 2. The first-order valence-corrected chi connectivity index (χ1v) is 8.40.